The molecule has 0 aliphatic heterocycles. The molecule has 0 unspecified atom stereocenters. The van der Waals surface area contributed by atoms with Crippen LogP contribution in [0.1, 0.15) is 24.5 Å². The first-order valence-electron chi connectivity index (χ1n) is 5.80. The monoisotopic (exact) mass is 233 g/mol. The van der Waals surface area contributed by atoms with Crippen molar-refractivity contribution < 1.29 is 9.90 Å². The van der Waals surface area contributed by atoms with Gasteiger partial charge in [0.25, 0.3) is 0 Å². The summed E-state index contributed by atoms with van der Waals surface area (Å²) in [6.45, 7) is 4.17. The highest BCUT2D eigenvalue weighted by Gasteiger charge is 1.98. The van der Waals surface area contributed by atoms with Crippen molar-refractivity contribution in [3.05, 3.63) is 41.5 Å². The fourth-order valence-corrected chi connectivity index (χ4v) is 1.67. The molecule has 3 nitrogen and oxygen atoms in total. The van der Waals surface area contributed by atoms with Gasteiger partial charge in [0, 0.05) is 12.6 Å². The van der Waals surface area contributed by atoms with Crippen LogP contribution in [0.25, 0.3) is 6.08 Å². The van der Waals surface area contributed by atoms with Crippen molar-refractivity contribution in [2.75, 3.05) is 13.6 Å². The zero-order valence-electron chi connectivity index (χ0n) is 10.4. The van der Waals surface area contributed by atoms with Crippen LogP contribution in [0, 0.1) is 0 Å². The number of carboxylic acid groups (broad SMARTS) is 1. The van der Waals surface area contributed by atoms with E-state index in [0.717, 1.165) is 31.1 Å². The molecule has 0 fully saturated rings. The Hall–Kier alpha value is -1.61. The highest BCUT2D eigenvalue weighted by atomic mass is 16.4. The van der Waals surface area contributed by atoms with Crippen molar-refractivity contribution in [3.63, 3.8) is 0 Å². The van der Waals surface area contributed by atoms with Crippen LogP contribution in [-0.4, -0.2) is 29.6 Å². The standard InChI is InChI=1S/C14H19NO2/c1-3-10-15(2)11-13-6-4-12(5-7-13)8-9-14(16)17/h4-9H,3,10-11H2,1-2H3,(H,16,17). The predicted molar refractivity (Wildman–Crippen MR) is 69.7 cm³/mol. The minimum absolute atomic E-state index is 0.911. The highest BCUT2D eigenvalue weighted by molar-refractivity contribution is 5.85. The summed E-state index contributed by atoms with van der Waals surface area (Å²) in [5, 5.41) is 8.51. The topological polar surface area (TPSA) is 40.5 Å². The van der Waals surface area contributed by atoms with E-state index in [1.807, 2.05) is 24.3 Å². The van der Waals surface area contributed by atoms with E-state index < -0.39 is 5.97 Å². The number of carbonyl (C=O) groups is 1. The summed E-state index contributed by atoms with van der Waals surface area (Å²) < 4.78 is 0. The number of nitrogens with zero attached hydrogens (tertiary/aromatic N) is 1. The second-order valence-electron chi connectivity index (χ2n) is 4.15. The van der Waals surface area contributed by atoms with E-state index in [2.05, 4.69) is 18.9 Å². The van der Waals surface area contributed by atoms with Gasteiger partial charge in [0.05, 0.1) is 0 Å². The molecule has 0 aliphatic rings. The molecular formula is C14H19NO2. The van der Waals surface area contributed by atoms with Crippen LogP contribution in [0.2, 0.25) is 0 Å². The molecule has 0 radical (unpaired) electrons. The molecule has 0 saturated carbocycles. The Bertz CT molecular complexity index is 382. The lowest BCUT2D eigenvalue weighted by molar-refractivity contribution is -0.131. The Morgan fingerprint density at radius 3 is 2.53 bits per heavy atom. The number of aliphatic carboxylic acids is 1. The summed E-state index contributed by atoms with van der Waals surface area (Å²) in [5.74, 6) is -0.920. The van der Waals surface area contributed by atoms with E-state index in [1.54, 1.807) is 6.08 Å². The number of carboxylic acids is 1. The Kier molecular flexibility index (Phi) is 5.43. The summed E-state index contributed by atoms with van der Waals surface area (Å²) in [4.78, 5) is 12.6. The van der Waals surface area contributed by atoms with Gasteiger partial charge in [-0.05, 0) is 37.2 Å². The maximum absolute atomic E-state index is 10.4. The molecule has 1 N–H and O–H groups in total. The van der Waals surface area contributed by atoms with E-state index in [0.29, 0.717) is 0 Å². The molecule has 17 heavy (non-hydrogen) atoms. The molecule has 92 valence electrons. The molecule has 0 atom stereocenters. The number of hydrogen-bond donors (Lipinski definition) is 1. The molecule has 0 bridgehead atoms. The second kappa shape index (κ2) is 6.86. The van der Waals surface area contributed by atoms with Crippen LogP contribution < -0.4 is 0 Å². The molecule has 0 spiro atoms. The first kappa shape index (κ1) is 13.5. The Morgan fingerprint density at radius 1 is 1.35 bits per heavy atom. The largest absolute Gasteiger partial charge is 0.478 e. The summed E-state index contributed by atoms with van der Waals surface area (Å²) in [7, 11) is 2.10. The quantitative estimate of drug-likeness (QED) is 0.768. The zero-order chi connectivity index (χ0) is 12.7. The van der Waals surface area contributed by atoms with Gasteiger partial charge in [-0.25, -0.2) is 4.79 Å². The van der Waals surface area contributed by atoms with Gasteiger partial charge in [-0.3, -0.25) is 0 Å². The third-order valence-electron chi connectivity index (χ3n) is 2.46. The molecule has 1 aromatic rings. The summed E-state index contributed by atoms with van der Waals surface area (Å²) in [6, 6.07) is 7.95. The molecule has 0 amide bonds. The van der Waals surface area contributed by atoms with E-state index in [4.69, 9.17) is 5.11 Å². The van der Waals surface area contributed by atoms with Gasteiger partial charge in [-0.1, -0.05) is 31.2 Å². The maximum atomic E-state index is 10.4. The van der Waals surface area contributed by atoms with E-state index in [1.165, 1.54) is 5.56 Å². The third-order valence-corrected chi connectivity index (χ3v) is 2.46. The number of benzene rings is 1. The van der Waals surface area contributed by atoms with Crippen LogP contribution in [0.4, 0.5) is 0 Å². The highest BCUT2D eigenvalue weighted by Crippen LogP contribution is 2.08. The lowest BCUT2D eigenvalue weighted by Gasteiger charge is -2.15. The van der Waals surface area contributed by atoms with E-state index in [-0.39, 0.29) is 0 Å². The van der Waals surface area contributed by atoms with Crippen molar-refractivity contribution in [1.29, 1.82) is 0 Å². The molecule has 1 rings (SSSR count). The van der Waals surface area contributed by atoms with Gasteiger partial charge >= 0.3 is 5.97 Å². The van der Waals surface area contributed by atoms with Crippen molar-refractivity contribution >= 4 is 12.0 Å². The molecule has 0 aromatic heterocycles. The Morgan fingerprint density at radius 2 is 2.00 bits per heavy atom. The van der Waals surface area contributed by atoms with Crippen LogP contribution in [0.15, 0.2) is 30.3 Å². The normalized spacial score (nSPS) is 11.2. The van der Waals surface area contributed by atoms with Crippen molar-refractivity contribution in [2.45, 2.75) is 19.9 Å². The fourth-order valence-electron chi connectivity index (χ4n) is 1.67. The van der Waals surface area contributed by atoms with Crippen molar-refractivity contribution in [3.8, 4) is 0 Å². The van der Waals surface area contributed by atoms with E-state index >= 15 is 0 Å². The predicted octanol–water partition coefficient (Wildman–Crippen LogP) is 2.63. The minimum atomic E-state index is -0.920. The first-order chi connectivity index (χ1) is 8.11. The Labute approximate surface area is 102 Å². The van der Waals surface area contributed by atoms with Crippen LogP contribution >= 0.6 is 0 Å². The summed E-state index contributed by atoms with van der Waals surface area (Å²) in [6.07, 6.45) is 3.90. The lowest BCUT2D eigenvalue weighted by Crippen LogP contribution is -2.18. The van der Waals surface area contributed by atoms with Gasteiger partial charge in [0.2, 0.25) is 0 Å². The van der Waals surface area contributed by atoms with Gasteiger partial charge in [-0.2, -0.15) is 0 Å². The molecule has 0 saturated heterocycles. The summed E-state index contributed by atoms with van der Waals surface area (Å²) in [5.41, 5.74) is 2.16. The summed E-state index contributed by atoms with van der Waals surface area (Å²) >= 11 is 0. The fraction of sp³-hybridized carbons (Fsp3) is 0.357. The molecule has 3 heteroatoms. The van der Waals surface area contributed by atoms with Gasteiger partial charge in [0.1, 0.15) is 0 Å². The van der Waals surface area contributed by atoms with E-state index in [9.17, 15) is 4.79 Å². The zero-order valence-corrected chi connectivity index (χ0v) is 10.4. The smallest absolute Gasteiger partial charge is 0.328 e. The molecule has 1 aromatic carbocycles. The van der Waals surface area contributed by atoms with Gasteiger partial charge in [0.15, 0.2) is 0 Å². The van der Waals surface area contributed by atoms with Crippen LogP contribution in [0.3, 0.4) is 0 Å². The Balaban J connectivity index is 2.58. The minimum Gasteiger partial charge on any atom is -0.478 e. The molecule has 0 aliphatic carbocycles. The van der Waals surface area contributed by atoms with Crippen molar-refractivity contribution in [2.24, 2.45) is 0 Å². The maximum Gasteiger partial charge on any atom is 0.328 e. The van der Waals surface area contributed by atoms with Crippen LogP contribution in [-0.2, 0) is 11.3 Å². The van der Waals surface area contributed by atoms with Crippen LogP contribution in [0.5, 0.6) is 0 Å². The van der Waals surface area contributed by atoms with Gasteiger partial charge < -0.3 is 10.0 Å². The van der Waals surface area contributed by atoms with Gasteiger partial charge in [-0.15, -0.1) is 0 Å². The number of hydrogen-bond acceptors (Lipinski definition) is 2. The van der Waals surface area contributed by atoms with Crippen molar-refractivity contribution in [1.82, 2.24) is 4.90 Å². The molecular weight excluding hydrogens is 214 g/mol. The SMILES string of the molecule is CCCN(C)Cc1ccc(C=CC(=O)O)cc1. The number of rotatable bonds is 6. The average molecular weight is 233 g/mol. The second-order valence-corrected chi connectivity index (χ2v) is 4.15. The molecule has 0 heterocycles. The average Bonchev–Trinajstić information content (AvgIpc) is 2.28. The third kappa shape index (κ3) is 5.31. The lowest BCUT2D eigenvalue weighted by atomic mass is 10.1. The first-order valence-corrected chi connectivity index (χ1v) is 5.80.